The molecule has 0 fully saturated rings. The fourth-order valence-electron chi connectivity index (χ4n) is 2.24. The Morgan fingerprint density at radius 1 is 1.17 bits per heavy atom. The maximum absolute atomic E-state index is 11.9. The number of ether oxygens (including phenoxy) is 1. The molecule has 128 valence electrons. The van der Waals surface area contributed by atoms with E-state index in [0.717, 1.165) is 30.6 Å². The van der Waals surface area contributed by atoms with E-state index in [9.17, 15) is 4.79 Å². The SMILES string of the molecule is CCCCNC(=O)c1cnc(NCCc2ccccc2OC)nc1. The molecule has 6 heteroatoms. The number of benzene rings is 1. The molecule has 0 spiro atoms. The van der Waals surface area contributed by atoms with Crippen molar-refractivity contribution in [2.24, 2.45) is 0 Å². The molecule has 1 aromatic heterocycles. The van der Waals surface area contributed by atoms with Gasteiger partial charge in [-0.05, 0) is 24.5 Å². The highest BCUT2D eigenvalue weighted by atomic mass is 16.5. The van der Waals surface area contributed by atoms with Crippen LogP contribution >= 0.6 is 0 Å². The molecule has 0 bridgehead atoms. The fraction of sp³-hybridized carbons (Fsp3) is 0.389. The van der Waals surface area contributed by atoms with Crippen LogP contribution in [0.4, 0.5) is 5.95 Å². The van der Waals surface area contributed by atoms with Crippen LogP contribution in [0.2, 0.25) is 0 Å². The molecule has 1 aromatic carbocycles. The normalized spacial score (nSPS) is 10.2. The Kier molecular flexibility index (Phi) is 7.01. The second-order valence-electron chi connectivity index (χ2n) is 5.39. The van der Waals surface area contributed by atoms with Gasteiger partial charge >= 0.3 is 0 Å². The number of hydrogen-bond donors (Lipinski definition) is 2. The van der Waals surface area contributed by atoms with E-state index in [1.165, 1.54) is 0 Å². The molecule has 0 atom stereocenters. The Hall–Kier alpha value is -2.63. The number of para-hydroxylation sites is 1. The van der Waals surface area contributed by atoms with Gasteiger partial charge in [-0.3, -0.25) is 4.79 Å². The predicted molar refractivity (Wildman–Crippen MR) is 94.5 cm³/mol. The van der Waals surface area contributed by atoms with Crippen molar-refractivity contribution in [3.63, 3.8) is 0 Å². The predicted octanol–water partition coefficient (Wildman–Crippen LogP) is 2.67. The third kappa shape index (κ3) is 5.22. The van der Waals surface area contributed by atoms with Crippen molar-refractivity contribution in [3.05, 3.63) is 47.8 Å². The van der Waals surface area contributed by atoms with E-state index < -0.39 is 0 Å². The monoisotopic (exact) mass is 328 g/mol. The molecule has 0 saturated carbocycles. The molecule has 0 aliphatic carbocycles. The van der Waals surface area contributed by atoms with Crippen molar-refractivity contribution in [1.82, 2.24) is 15.3 Å². The average molecular weight is 328 g/mol. The molecule has 0 aliphatic rings. The van der Waals surface area contributed by atoms with Crippen molar-refractivity contribution in [2.45, 2.75) is 26.2 Å². The van der Waals surface area contributed by atoms with Gasteiger partial charge < -0.3 is 15.4 Å². The van der Waals surface area contributed by atoms with Gasteiger partial charge in [0, 0.05) is 25.5 Å². The van der Waals surface area contributed by atoms with Gasteiger partial charge in [-0.25, -0.2) is 9.97 Å². The Morgan fingerprint density at radius 3 is 2.62 bits per heavy atom. The Bertz CT molecular complexity index is 644. The molecule has 24 heavy (non-hydrogen) atoms. The number of methoxy groups -OCH3 is 1. The third-order valence-corrected chi connectivity index (χ3v) is 3.60. The van der Waals surface area contributed by atoms with Gasteiger partial charge in [0.05, 0.1) is 12.7 Å². The number of hydrogen-bond acceptors (Lipinski definition) is 5. The summed E-state index contributed by atoms with van der Waals surface area (Å²) in [4.78, 5) is 20.2. The molecule has 0 aliphatic heterocycles. The van der Waals surface area contributed by atoms with Gasteiger partial charge in [0.15, 0.2) is 0 Å². The molecular formula is C18H24N4O2. The summed E-state index contributed by atoms with van der Waals surface area (Å²) in [7, 11) is 1.67. The molecule has 2 rings (SSSR count). The molecule has 2 N–H and O–H groups in total. The molecule has 1 amide bonds. The first-order valence-corrected chi connectivity index (χ1v) is 8.20. The highest BCUT2D eigenvalue weighted by Gasteiger charge is 2.06. The number of rotatable bonds is 9. The second kappa shape index (κ2) is 9.50. The van der Waals surface area contributed by atoms with Crippen LogP contribution in [0.25, 0.3) is 0 Å². The van der Waals surface area contributed by atoms with Crippen LogP contribution in [0.15, 0.2) is 36.7 Å². The van der Waals surface area contributed by atoms with Gasteiger partial charge in [-0.1, -0.05) is 31.5 Å². The standard InChI is InChI=1S/C18H24N4O2/c1-3-4-10-19-17(23)15-12-21-18(22-13-15)20-11-9-14-7-5-6-8-16(14)24-2/h5-8,12-13H,3-4,9-11H2,1-2H3,(H,19,23)(H,20,21,22). The van der Waals surface area contributed by atoms with E-state index in [1.807, 2.05) is 24.3 Å². The number of unbranched alkanes of at least 4 members (excludes halogenated alkanes) is 1. The summed E-state index contributed by atoms with van der Waals surface area (Å²) in [6.45, 7) is 3.44. The quantitative estimate of drug-likeness (QED) is 0.692. The number of nitrogens with one attached hydrogen (secondary N) is 2. The number of amides is 1. The Balaban J connectivity index is 1.82. The minimum atomic E-state index is -0.135. The number of carbonyl (C=O) groups excluding carboxylic acids is 1. The Labute approximate surface area is 142 Å². The van der Waals surface area contributed by atoms with Crippen LogP contribution in [-0.2, 0) is 6.42 Å². The van der Waals surface area contributed by atoms with Gasteiger partial charge in [-0.15, -0.1) is 0 Å². The molecule has 1 heterocycles. The van der Waals surface area contributed by atoms with Crippen LogP contribution in [0, 0.1) is 0 Å². The van der Waals surface area contributed by atoms with E-state index >= 15 is 0 Å². The first kappa shape index (κ1) is 17.7. The lowest BCUT2D eigenvalue weighted by atomic mass is 10.1. The minimum Gasteiger partial charge on any atom is -0.496 e. The van der Waals surface area contributed by atoms with Crippen molar-refractivity contribution in [2.75, 3.05) is 25.5 Å². The maximum Gasteiger partial charge on any atom is 0.254 e. The molecule has 2 aromatic rings. The lowest BCUT2D eigenvalue weighted by molar-refractivity contribution is 0.0952. The summed E-state index contributed by atoms with van der Waals surface area (Å²) in [6.07, 6.45) is 5.90. The lowest BCUT2D eigenvalue weighted by Gasteiger charge is -2.09. The number of carbonyl (C=O) groups is 1. The first-order chi connectivity index (χ1) is 11.7. The highest BCUT2D eigenvalue weighted by Crippen LogP contribution is 2.17. The van der Waals surface area contributed by atoms with E-state index in [4.69, 9.17) is 4.74 Å². The van der Waals surface area contributed by atoms with Crippen molar-refractivity contribution in [3.8, 4) is 5.75 Å². The van der Waals surface area contributed by atoms with Gasteiger partial charge in [-0.2, -0.15) is 0 Å². The third-order valence-electron chi connectivity index (χ3n) is 3.60. The smallest absolute Gasteiger partial charge is 0.254 e. The fourth-order valence-corrected chi connectivity index (χ4v) is 2.24. The zero-order valence-corrected chi connectivity index (χ0v) is 14.2. The van der Waals surface area contributed by atoms with Crippen molar-refractivity contribution < 1.29 is 9.53 Å². The van der Waals surface area contributed by atoms with Crippen LogP contribution < -0.4 is 15.4 Å². The summed E-state index contributed by atoms with van der Waals surface area (Å²) in [5.74, 6) is 1.25. The summed E-state index contributed by atoms with van der Waals surface area (Å²) in [6, 6.07) is 7.91. The number of aromatic nitrogens is 2. The largest absolute Gasteiger partial charge is 0.496 e. The number of nitrogens with zero attached hydrogens (tertiary/aromatic N) is 2. The molecule has 6 nitrogen and oxygen atoms in total. The minimum absolute atomic E-state index is 0.135. The van der Waals surface area contributed by atoms with E-state index in [1.54, 1.807) is 19.5 Å². The van der Waals surface area contributed by atoms with Crippen LogP contribution in [-0.4, -0.2) is 36.1 Å². The van der Waals surface area contributed by atoms with Gasteiger partial charge in [0.1, 0.15) is 5.75 Å². The van der Waals surface area contributed by atoms with Crippen molar-refractivity contribution >= 4 is 11.9 Å². The zero-order chi connectivity index (χ0) is 17.2. The van der Waals surface area contributed by atoms with Crippen LogP contribution in [0.5, 0.6) is 5.75 Å². The van der Waals surface area contributed by atoms with Crippen molar-refractivity contribution in [1.29, 1.82) is 0 Å². The topological polar surface area (TPSA) is 76.1 Å². The zero-order valence-electron chi connectivity index (χ0n) is 14.2. The molecular weight excluding hydrogens is 304 g/mol. The average Bonchev–Trinajstić information content (AvgIpc) is 2.63. The summed E-state index contributed by atoms with van der Waals surface area (Å²) in [5, 5.41) is 6.00. The second-order valence-corrected chi connectivity index (χ2v) is 5.39. The summed E-state index contributed by atoms with van der Waals surface area (Å²) >= 11 is 0. The maximum atomic E-state index is 11.9. The molecule has 0 radical (unpaired) electrons. The first-order valence-electron chi connectivity index (χ1n) is 8.20. The Morgan fingerprint density at radius 2 is 1.92 bits per heavy atom. The highest BCUT2D eigenvalue weighted by molar-refractivity contribution is 5.93. The summed E-state index contributed by atoms with van der Waals surface area (Å²) < 4.78 is 5.33. The van der Waals surface area contributed by atoms with E-state index in [-0.39, 0.29) is 5.91 Å². The van der Waals surface area contributed by atoms with E-state index in [2.05, 4.69) is 27.5 Å². The molecule has 0 saturated heterocycles. The van der Waals surface area contributed by atoms with E-state index in [0.29, 0.717) is 24.6 Å². The number of anilines is 1. The van der Waals surface area contributed by atoms with Gasteiger partial charge in [0.25, 0.3) is 5.91 Å². The molecule has 0 unspecified atom stereocenters. The summed E-state index contributed by atoms with van der Waals surface area (Å²) in [5.41, 5.74) is 1.60. The van der Waals surface area contributed by atoms with Crippen LogP contribution in [0.1, 0.15) is 35.7 Å². The van der Waals surface area contributed by atoms with Crippen LogP contribution in [0.3, 0.4) is 0 Å². The lowest BCUT2D eigenvalue weighted by Crippen LogP contribution is -2.24. The van der Waals surface area contributed by atoms with Gasteiger partial charge in [0.2, 0.25) is 5.95 Å².